The Labute approximate surface area is 125 Å². The Balaban J connectivity index is 2.73. The van der Waals surface area contributed by atoms with E-state index < -0.39 is 0 Å². The maximum absolute atomic E-state index is 12.2. The molecule has 1 aromatic rings. The number of aliphatic hydroxyl groups excluding tert-OH is 1. The van der Waals surface area contributed by atoms with Gasteiger partial charge in [0.15, 0.2) is 0 Å². The van der Waals surface area contributed by atoms with Gasteiger partial charge in [-0.2, -0.15) is 0 Å². The Morgan fingerprint density at radius 2 is 1.95 bits per heavy atom. The smallest absolute Gasteiger partial charge is 0.263 e. The number of carbonyl (C=O) groups is 1. The number of rotatable bonds is 4. The largest absolute Gasteiger partial charge is 0.394 e. The molecular formula is C15H26N2O2S. The van der Waals surface area contributed by atoms with Crippen LogP contribution in [-0.2, 0) is 5.41 Å². The van der Waals surface area contributed by atoms with Crippen LogP contribution in [0, 0.1) is 5.41 Å². The average molecular weight is 298 g/mol. The molecule has 0 fully saturated rings. The van der Waals surface area contributed by atoms with Crippen LogP contribution >= 0.6 is 11.3 Å². The van der Waals surface area contributed by atoms with Gasteiger partial charge < -0.3 is 10.4 Å². The molecule has 2 N–H and O–H groups in total. The van der Waals surface area contributed by atoms with Crippen molar-refractivity contribution >= 4 is 17.2 Å². The maximum Gasteiger partial charge on any atom is 0.263 e. The first kappa shape index (κ1) is 17.1. The van der Waals surface area contributed by atoms with Crippen LogP contribution in [0.5, 0.6) is 0 Å². The molecule has 0 aliphatic heterocycles. The molecule has 114 valence electrons. The first-order valence-corrected chi connectivity index (χ1v) is 7.72. The minimum atomic E-state index is -0.220. The second-order valence-corrected chi connectivity index (χ2v) is 8.43. The van der Waals surface area contributed by atoms with Crippen molar-refractivity contribution in [3.63, 3.8) is 0 Å². The van der Waals surface area contributed by atoms with E-state index in [-0.39, 0.29) is 29.4 Å². The topological polar surface area (TPSA) is 62.2 Å². The third-order valence-corrected chi connectivity index (χ3v) is 4.21. The molecule has 0 aromatic carbocycles. The molecular weight excluding hydrogens is 272 g/mol. The lowest BCUT2D eigenvalue weighted by atomic mass is 9.88. The van der Waals surface area contributed by atoms with Gasteiger partial charge in [-0.3, -0.25) is 4.79 Å². The Morgan fingerprint density at radius 1 is 1.35 bits per heavy atom. The maximum atomic E-state index is 12.2. The van der Waals surface area contributed by atoms with Crippen molar-refractivity contribution in [2.75, 3.05) is 6.61 Å². The van der Waals surface area contributed by atoms with Gasteiger partial charge in [0.1, 0.15) is 4.88 Å². The molecule has 4 nitrogen and oxygen atoms in total. The summed E-state index contributed by atoms with van der Waals surface area (Å²) in [6.45, 7) is 12.4. The van der Waals surface area contributed by atoms with Crippen molar-refractivity contribution in [1.29, 1.82) is 0 Å². The van der Waals surface area contributed by atoms with E-state index in [0.717, 1.165) is 11.4 Å². The number of thiazole rings is 1. The third kappa shape index (κ3) is 5.21. The van der Waals surface area contributed by atoms with Gasteiger partial charge >= 0.3 is 0 Å². The number of nitrogens with zero attached hydrogens (tertiary/aromatic N) is 1. The van der Waals surface area contributed by atoms with Gasteiger partial charge in [0.05, 0.1) is 23.9 Å². The zero-order valence-corrected chi connectivity index (χ0v) is 14.1. The minimum absolute atomic E-state index is 0.0477. The normalized spacial score (nSPS) is 14.2. The molecule has 1 heterocycles. The number of aromatic nitrogens is 1. The average Bonchev–Trinajstić information content (AvgIpc) is 2.74. The third-order valence-electron chi connectivity index (χ3n) is 2.79. The lowest BCUT2D eigenvalue weighted by Gasteiger charge is -2.25. The Morgan fingerprint density at radius 3 is 2.35 bits per heavy atom. The van der Waals surface area contributed by atoms with E-state index >= 15 is 0 Å². The molecule has 5 heteroatoms. The number of hydrogen-bond donors (Lipinski definition) is 2. The van der Waals surface area contributed by atoms with Crippen LogP contribution < -0.4 is 5.32 Å². The molecule has 0 aliphatic rings. The summed E-state index contributed by atoms with van der Waals surface area (Å²) in [5.74, 6) is -0.152. The molecule has 0 saturated heterocycles. The van der Waals surface area contributed by atoms with Crippen LogP contribution in [0.4, 0.5) is 0 Å². The number of amides is 1. The molecule has 1 aromatic heterocycles. The molecule has 0 radical (unpaired) electrons. The fraction of sp³-hybridized carbons (Fsp3) is 0.733. The Hall–Kier alpha value is -0.940. The standard InChI is InChI=1S/C15H26N2O2S/c1-14(2,3)7-10(9-18)17-12(19)11-8-16-13(20-11)15(4,5)6/h8,10,18H,7,9H2,1-6H3,(H,17,19). The van der Waals surface area contributed by atoms with Crippen molar-refractivity contribution in [3.8, 4) is 0 Å². The highest BCUT2D eigenvalue weighted by Crippen LogP contribution is 2.27. The van der Waals surface area contributed by atoms with Crippen LogP contribution in [0.15, 0.2) is 6.20 Å². The highest BCUT2D eigenvalue weighted by Gasteiger charge is 2.23. The summed E-state index contributed by atoms with van der Waals surface area (Å²) in [5, 5.41) is 13.2. The van der Waals surface area contributed by atoms with E-state index in [1.165, 1.54) is 11.3 Å². The van der Waals surface area contributed by atoms with E-state index in [2.05, 4.69) is 51.8 Å². The highest BCUT2D eigenvalue weighted by atomic mass is 32.1. The SMILES string of the molecule is CC(C)(C)CC(CO)NC(=O)c1cnc(C(C)(C)C)s1. The van der Waals surface area contributed by atoms with Crippen molar-refractivity contribution in [2.45, 2.75) is 59.4 Å². The number of hydrogen-bond acceptors (Lipinski definition) is 4. The molecule has 20 heavy (non-hydrogen) atoms. The van der Waals surface area contributed by atoms with Crippen LogP contribution in [0.3, 0.4) is 0 Å². The summed E-state index contributed by atoms with van der Waals surface area (Å²) in [6.07, 6.45) is 2.35. The molecule has 0 spiro atoms. The second kappa shape index (κ2) is 6.22. The van der Waals surface area contributed by atoms with Crippen molar-refractivity contribution in [3.05, 3.63) is 16.1 Å². The van der Waals surface area contributed by atoms with Gasteiger partial charge in [-0.1, -0.05) is 41.5 Å². The van der Waals surface area contributed by atoms with Crippen LogP contribution in [0.2, 0.25) is 0 Å². The fourth-order valence-corrected chi connectivity index (χ4v) is 2.76. The monoisotopic (exact) mass is 298 g/mol. The highest BCUT2D eigenvalue weighted by molar-refractivity contribution is 7.13. The first-order valence-electron chi connectivity index (χ1n) is 6.91. The van der Waals surface area contributed by atoms with Crippen molar-refractivity contribution < 1.29 is 9.90 Å². The summed E-state index contributed by atoms with van der Waals surface area (Å²) in [6, 6.07) is -0.220. The van der Waals surface area contributed by atoms with Crippen LogP contribution in [0.1, 0.15) is 62.6 Å². The molecule has 0 bridgehead atoms. The predicted molar refractivity (Wildman–Crippen MR) is 83.2 cm³/mol. The van der Waals surface area contributed by atoms with E-state index in [4.69, 9.17) is 0 Å². The molecule has 1 rings (SSSR count). The number of nitrogens with one attached hydrogen (secondary N) is 1. The number of aliphatic hydroxyl groups is 1. The second-order valence-electron chi connectivity index (χ2n) is 7.40. The fourth-order valence-electron chi connectivity index (χ4n) is 1.88. The zero-order chi connectivity index (χ0) is 15.6. The molecule has 0 saturated carbocycles. The van der Waals surface area contributed by atoms with Gasteiger partial charge in [-0.15, -0.1) is 11.3 Å². The van der Waals surface area contributed by atoms with E-state index in [1.54, 1.807) is 6.20 Å². The summed E-state index contributed by atoms with van der Waals surface area (Å²) in [4.78, 5) is 17.1. The summed E-state index contributed by atoms with van der Waals surface area (Å²) >= 11 is 1.41. The predicted octanol–water partition coefficient (Wildman–Crippen LogP) is 2.97. The van der Waals surface area contributed by atoms with Gasteiger partial charge in [-0.25, -0.2) is 4.98 Å². The van der Waals surface area contributed by atoms with E-state index in [1.807, 2.05) is 0 Å². The summed E-state index contributed by atoms with van der Waals surface area (Å²) in [7, 11) is 0. The quantitative estimate of drug-likeness (QED) is 0.898. The van der Waals surface area contributed by atoms with Crippen molar-refractivity contribution in [2.24, 2.45) is 5.41 Å². The number of carbonyl (C=O) groups excluding carboxylic acids is 1. The molecule has 1 amide bonds. The lowest BCUT2D eigenvalue weighted by molar-refractivity contribution is 0.0901. The van der Waals surface area contributed by atoms with E-state index in [0.29, 0.717) is 4.88 Å². The molecule has 0 aliphatic carbocycles. The van der Waals surface area contributed by atoms with Crippen molar-refractivity contribution in [1.82, 2.24) is 10.3 Å². The van der Waals surface area contributed by atoms with Gasteiger partial charge in [0.25, 0.3) is 5.91 Å². The lowest BCUT2D eigenvalue weighted by Crippen LogP contribution is -2.39. The summed E-state index contributed by atoms with van der Waals surface area (Å²) in [5.41, 5.74) is 0.00985. The summed E-state index contributed by atoms with van der Waals surface area (Å²) < 4.78 is 0. The molecule has 1 atom stereocenters. The van der Waals surface area contributed by atoms with Crippen LogP contribution in [0.25, 0.3) is 0 Å². The van der Waals surface area contributed by atoms with Gasteiger partial charge in [0, 0.05) is 5.41 Å². The zero-order valence-electron chi connectivity index (χ0n) is 13.3. The minimum Gasteiger partial charge on any atom is -0.394 e. The first-order chi connectivity index (χ1) is 9.03. The van der Waals surface area contributed by atoms with E-state index in [9.17, 15) is 9.90 Å². The van der Waals surface area contributed by atoms with Gasteiger partial charge in [0.2, 0.25) is 0 Å². The van der Waals surface area contributed by atoms with Crippen LogP contribution in [-0.4, -0.2) is 28.6 Å². The Bertz CT molecular complexity index is 455. The molecule has 1 unspecified atom stereocenters. The van der Waals surface area contributed by atoms with Gasteiger partial charge in [-0.05, 0) is 11.8 Å². The Kier molecular flexibility index (Phi) is 5.33.